The summed E-state index contributed by atoms with van der Waals surface area (Å²) >= 11 is 5.13. The molecule has 0 amide bonds. The minimum absolute atomic E-state index is 1.01. The Hall–Kier alpha value is -13.8. The van der Waals surface area contributed by atoms with Gasteiger partial charge in [-0.25, -0.2) is 15.0 Å². The summed E-state index contributed by atoms with van der Waals surface area (Å²) in [6.45, 7) is 0. The van der Waals surface area contributed by atoms with Gasteiger partial charge in [0.05, 0.1) is 60.0 Å². The lowest BCUT2D eigenvalue weighted by Crippen LogP contribution is -1.94. The molecule has 8 aromatic heterocycles. The first kappa shape index (κ1) is 62.4. The molecule has 110 heavy (non-hydrogen) atoms. The van der Waals surface area contributed by atoms with E-state index in [2.05, 4.69) is 374 Å². The number of imidazole rings is 3. The van der Waals surface area contributed by atoms with Crippen LogP contribution in [0.3, 0.4) is 0 Å². The molecule has 0 unspecified atom stereocenters. The van der Waals surface area contributed by atoms with Gasteiger partial charge in [-0.05, 0) is 201 Å². The number of para-hydroxylation sites is 7. The average molecular weight is 1460 g/mol. The van der Waals surface area contributed by atoms with Gasteiger partial charge in [-0.15, -0.1) is 11.3 Å². The highest BCUT2D eigenvalue weighted by Gasteiger charge is 2.21. The maximum absolute atomic E-state index is 4.88. The van der Waals surface area contributed by atoms with E-state index in [1.54, 1.807) is 34.0 Å². The zero-order chi connectivity index (χ0) is 72.1. The fourth-order valence-electron chi connectivity index (χ4n) is 17.2. The van der Waals surface area contributed by atoms with Gasteiger partial charge >= 0.3 is 0 Å². The first-order valence-electron chi connectivity index (χ1n) is 37.0. The summed E-state index contributed by atoms with van der Waals surface area (Å²) in [5.74, 6) is 0. The molecule has 25 aromatic rings. The molecule has 0 aliphatic carbocycles. The van der Waals surface area contributed by atoms with Crippen molar-refractivity contribution in [1.82, 2.24) is 37.3 Å². The molecule has 17 aromatic carbocycles. The Balaban J connectivity index is 0.0000000991. The molecule has 0 aliphatic rings. The summed E-state index contributed by atoms with van der Waals surface area (Å²) in [6.07, 6.45) is 6.53. The Morgan fingerprint density at radius 1 is 0.218 bits per heavy atom. The second-order valence-corrected chi connectivity index (χ2v) is 31.2. The van der Waals surface area contributed by atoms with Crippen LogP contribution in [0.15, 0.2) is 364 Å². The van der Waals surface area contributed by atoms with Crippen LogP contribution < -0.4 is 0 Å². The SMILES string of the molecule is c1cc(-c2ccc3c(c2)nc2sccn23)cc(-c2ccc3c4ccccc4c4ccccc4c3c2)c1.c1cc(-c2ccc3c4ccccc4c4ccccc4c3c2)cc(-c2cn3c(nc4ccccc43)s2)c1.c1ccc2c(c1)nc1sc(-n3c4ccccc4c4cc(-n5c6ccccc6c6ccccc65)ccc43)cn12. The summed E-state index contributed by atoms with van der Waals surface area (Å²) < 4.78 is 11.3. The van der Waals surface area contributed by atoms with Crippen LogP contribution in [0.25, 0.3) is 211 Å². The van der Waals surface area contributed by atoms with Gasteiger partial charge in [0.15, 0.2) is 14.9 Å². The van der Waals surface area contributed by atoms with E-state index in [1.165, 1.54) is 158 Å². The molecule has 8 heterocycles. The van der Waals surface area contributed by atoms with Gasteiger partial charge in [0.25, 0.3) is 0 Å². The number of fused-ring (bicyclic) bond motifs is 27. The van der Waals surface area contributed by atoms with Crippen molar-refractivity contribution in [2.75, 3.05) is 0 Å². The van der Waals surface area contributed by atoms with Gasteiger partial charge in [0.1, 0.15) is 5.00 Å². The van der Waals surface area contributed by atoms with Crippen LogP contribution in [0.5, 0.6) is 0 Å². The van der Waals surface area contributed by atoms with E-state index in [0.717, 1.165) is 53.0 Å². The molecular formula is C99H60N8S3. The van der Waals surface area contributed by atoms with Crippen molar-refractivity contribution < 1.29 is 0 Å². The number of benzene rings is 17. The highest BCUT2D eigenvalue weighted by Crippen LogP contribution is 2.44. The summed E-state index contributed by atoms with van der Waals surface area (Å²) in [7, 11) is 0. The van der Waals surface area contributed by atoms with E-state index >= 15 is 0 Å². The molecule has 25 rings (SSSR count). The molecule has 0 N–H and O–H groups in total. The van der Waals surface area contributed by atoms with Crippen LogP contribution >= 0.6 is 34.0 Å². The Bertz CT molecular complexity index is 7760. The van der Waals surface area contributed by atoms with Gasteiger partial charge in [-0.3, -0.25) is 17.8 Å². The largest absolute Gasteiger partial charge is 0.309 e. The van der Waals surface area contributed by atoms with Crippen molar-refractivity contribution in [3.8, 4) is 54.5 Å². The fraction of sp³-hybridized carbons (Fsp3) is 0. The van der Waals surface area contributed by atoms with Gasteiger partial charge in [0, 0.05) is 51.2 Å². The second-order valence-electron chi connectivity index (χ2n) is 28.3. The van der Waals surface area contributed by atoms with E-state index in [1.807, 2.05) is 12.1 Å². The summed E-state index contributed by atoms with van der Waals surface area (Å²) in [5.41, 5.74) is 21.1. The van der Waals surface area contributed by atoms with Crippen LogP contribution in [0, 0.1) is 0 Å². The monoisotopic (exact) mass is 1460 g/mol. The smallest absolute Gasteiger partial charge is 0.196 e. The first-order valence-corrected chi connectivity index (χ1v) is 39.5. The third-order valence-corrected chi connectivity index (χ3v) is 25.0. The lowest BCUT2D eigenvalue weighted by atomic mass is 9.91. The molecule has 0 atom stereocenters. The lowest BCUT2D eigenvalue weighted by Gasteiger charge is -2.12. The van der Waals surface area contributed by atoms with Gasteiger partial charge in [-0.2, -0.15) is 0 Å². The van der Waals surface area contributed by atoms with E-state index in [0.29, 0.717) is 0 Å². The Morgan fingerprint density at radius 3 is 1.14 bits per heavy atom. The zero-order valence-corrected chi connectivity index (χ0v) is 61.4. The molecule has 0 saturated heterocycles. The third kappa shape index (κ3) is 9.92. The van der Waals surface area contributed by atoms with E-state index in [9.17, 15) is 0 Å². The van der Waals surface area contributed by atoms with Gasteiger partial charge in [0.2, 0.25) is 0 Å². The molecule has 11 heteroatoms. The first-order chi connectivity index (χ1) is 54.5. The van der Waals surface area contributed by atoms with Crippen LogP contribution in [-0.2, 0) is 0 Å². The number of aromatic nitrogens is 8. The van der Waals surface area contributed by atoms with Crippen LogP contribution in [-0.4, -0.2) is 37.3 Å². The van der Waals surface area contributed by atoms with Crippen LogP contribution in [0.1, 0.15) is 0 Å². The maximum Gasteiger partial charge on any atom is 0.196 e. The molecule has 0 bridgehead atoms. The zero-order valence-electron chi connectivity index (χ0n) is 58.9. The Kier molecular flexibility index (Phi) is 14.1. The highest BCUT2D eigenvalue weighted by molar-refractivity contribution is 7.20. The minimum Gasteiger partial charge on any atom is -0.309 e. The van der Waals surface area contributed by atoms with E-state index in [-0.39, 0.29) is 0 Å². The van der Waals surface area contributed by atoms with Crippen molar-refractivity contribution in [1.29, 1.82) is 0 Å². The number of rotatable bonds is 6. The van der Waals surface area contributed by atoms with E-state index < -0.39 is 0 Å². The van der Waals surface area contributed by atoms with E-state index in [4.69, 9.17) is 15.0 Å². The average Bonchev–Trinajstić information content (AvgIpc) is 1.12. The quantitative estimate of drug-likeness (QED) is 0.156. The molecule has 0 fully saturated rings. The van der Waals surface area contributed by atoms with Crippen LogP contribution in [0.2, 0.25) is 0 Å². The minimum atomic E-state index is 1.01. The van der Waals surface area contributed by atoms with Crippen molar-refractivity contribution in [2.24, 2.45) is 0 Å². The lowest BCUT2D eigenvalue weighted by molar-refractivity contribution is 1.17. The molecular weight excluding hydrogens is 1400 g/mol. The van der Waals surface area contributed by atoms with Crippen molar-refractivity contribution in [3.05, 3.63) is 364 Å². The number of thiazole rings is 3. The molecule has 0 radical (unpaired) electrons. The molecule has 8 nitrogen and oxygen atoms in total. The number of hydrogen-bond donors (Lipinski definition) is 0. The normalized spacial score (nSPS) is 12.0. The number of hydrogen-bond acceptors (Lipinski definition) is 6. The van der Waals surface area contributed by atoms with Crippen LogP contribution in [0.4, 0.5) is 0 Å². The topological polar surface area (TPSA) is 61.8 Å². The number of nitrogens with zero attached hydrogens (tertiary/aromatic N) is 8. The highest BCUT2D eigenvalue weighted by atomic mass is 32.1. The maximum atomic E-state index is 4.88. The predicted octanol–water partition coefficient (Wildman–Crippen LogP) is 27.4. The van der Waals surface area contributed by atoms with Gasteiger partial charge in [-0.1, -0.05) is 265 Å². The fourth-order valence-corrected chi connectivity index (χ4v) is 20.0. The molecule has 0 spiro atoms. The molecule has 514 valence electrons. The predicted molar refractivity (Wildman–Crippen MR) is 467 cm³/mol. The summed E-state index contributed by atoms with van der Waals surface area (Å²) in [5, 5.41) is 23.9. The standard InChI is InChI=1S/C33H20N4S.2C33H20N2S/c1-5-13-27-22(9-1)23-10-2-6-14-28(23)36(27)21-17-18-30-25(19-21)24-11-3-7-15-29(24)37(30)32-20-35-31-16-8-4-12-26(31)34-33(35)38-32;1-2-12-26-24(10-1)25-11-3-4-13-27(25)29-19-22(16-17-28(26)29)21-8-7-9-23(18-21)32-20-35-31-15-6-5-14-30(31)34-33(35)36-32;1-2-10-27-25(8-1)26-9-3-4-11-28(26)30-19-23(12-14-29(27)30)21-6-5-7-22(18-21)24-13-15-32-31(20-24)34-33-35(32)16-17-36-33/h1-20H;2*1-20H. The summed E-state index contributed by atoms with van der Waals surface area (Å²) in [4.78, 5) is 18.8. The Labute approximate surface area is 641 Å². The third-order valence-electron chi connectivity index (χ3n) is 22.3. The van der Waals surface area contributed by atoms with Crippen molar-refractivity contribution in [3.63, 3.8) is 0 Å². The molecule has 0 saturated carbocycles. The molecule has 0 aliphatic heterocycles. The van der Waals surface area contributed by atoms with Crippen molar-refractivity contribution >= 4 is 190 Å². The Morgan fingerprint density at radius 2 is 0.591 bits per heavy atom. The van der Waals surface area contributed by atoms with Crippen molar-refractivity contribution in [2.45, 2.75) is 0 Å². The van der Waals surface area contributed by atoms with Gasteiger partial charge < -0.3 is 4.57 Å². The summed E-state index contributed by atoms with van der Waals surface area (Å²) in [6, 6.07) is 123. The second kappa shape index (κ2) is 24.9.